The van der Waals surface area contributed by atoms with Gasteiger partial charge in [-0.3, -0.25) is 4.98 Å². The van der Waals surface area contributed by atoms with Crippen LogP contribution in [0.5, 0.6) is 0 Å². The summed E-state index contributed by atoms with van der Waals surface area (Å²) in [6, 6.07) is 0. The van der Waals surface area contributed by atoms with E-state index in [-0.39, 0.29) is 11.8 Å². The van der Waals surface area contributed by atoms with Gasteiger partial charge >= 0.3 is 5.97 Å². The van der Waals surface area contributed by atoms with E-state index in [1.165, 1.54) is 12.4 Å². The fraction of sp³-hybridized carbons (Fsp3) is 0.444. The molecule has 0 atom stereocenters. The molecule has 1 heterocycles. The molecule has 0 aliphatic heterocycles. The van der Waals surface area contributed by atoms with Crippen molar-refractivity contribution in [1.29, 1.82) is 0 Å². The van der Waals surface area contributed by atoms with Gasteiger partial charge in [0, 0.05) is 6.20 Å². The summed E-state index contributed by atoms with van der Waals surface area (Å²) in [6.45, 7) is 5.39. The normalized spacial score (nSPS) is 10.2. The minimum absolute atomic E-state index is 0.129. The smallest absolute Gasteiger partial charge is 0.358 e. The molecule has 0 amide bonds. The summed E-state index contributed by atoms with van der Waals surface area (Å²) < 4.78 is 4.93. The highest BCUT2D eigenvalue weighted by Crippen LogP contribution is 1.99. The summed E-state index contributed by atoms with van der Waals surface area (Å²) in [5, 5.41) is 0. The van der Waals surface area contributed by atoms with Crippen molar-refractivity contribution >= 4 is 5.97 Å². The number of nitrogens with zero attached hydrogens (tertiary/aromatic N) is 2. The summed E-state index contributed by atoms with van der Waals surface area (Å²) in [5.74, 6) is -0.428. The number of aromatic nitrogens is 2. The van der Waals surface area contributed by atoms with Crippen LogP contribution in [0.4, 0.5) is 0 Å². The van der Waals surface area contributed by atoms with Gasteiger partial charge in [-0.1, -0.05) is 0 Å². The van der Waals surface area contributed by atoms with Gasteiger partial charge in [0.2, 0.25) is 0 Å². The molecule has 4 nitrogen and oxygen atoms in total. The predicted molar refractivity (Wildman–Crippen MR) is 47.3 cm³/mol. The van der Waals surface area contributed by atoms with Gasteiger partial charge in [-0.05, 0) is 20.8 Å². The lowest BCUT2D eigenvalue weighted by Gasteiger charge is -2.06. The fourth-order valence-corrected chi connectivity index (χ4v) is 0.772. The second kappa shape index (κ2) is 3.98. The summed E-state index contributed by atoms with van der Waals surface area (Å²) in [6.07, 6.45) is 2.83. The van der Waals surface area contributed by atoms with E-state index >= 15 is 0 Å². The first kappa shape index (κ1) is 9.64. The van der Waals surface area contributed by atoms with E-state index in [4.69, 9.17) is 4.74 Å². The highest BCUT2D eigenvalue weighted by atomic mass is 16.5. The minimum Gasteiger partial charge on any atom is -0.458 e. The Balaban J connectivity index is 2.72. The lowest BCUT2D eigenvalue weighted by Crippen LogP contribution is -2.13. The zero-order valence-corrected chi connectivity index (χ0v) is 7.94. The highest BCUT2D eigenvalue weighted by molar-refractivity contribution is 5.86. The topological polar surface area (TPSA) is 52.1 Å². The SMILES string of the molecule is Cc1cnc(C(=O)OC(C)C)cn1. The average Bonchev–Trinajstić information content (AvgIpc) is 2.04. The Morgan fingerprint density at radius 1 is 1.38 bits per heavy atom. The van der Waals surface area contributed by atoms with Gasteiger partial charge in [0.1, 0.15) is 0 Å². The monoisotopic (exact) mass is 180 g/mol. The zero-order chi connectivity index (χ0) is 9.84. The first-order valence-corrected chi connectivity index (χ1v) is 4.09. The van der Waals surface area contributed by atoms with Gasteiger partial charge in [-0.2, -0.15) is 0 Å². The molecule has 0 fully saturated rings. The largest absolute Gasteiger partial charge is 0.458 e. The number of esters is 1. The molecule has 0 aliphatic carbocycles. The van der Waals surface area contributed by atoms with Crippen LogP contribution >= 0.6 is 0 Å². The standard InChI is InChI=1S/C9H12N2O2/c1-6(2)13-9(12)8-5-10-7(3)4-11-8/h4-6H,1-3H3. The van der Waals surface area contributed by atoms with E-state index in [0.29, 0.717) is 0 Å². The number of ether oxygens (including phenoxy) is 1. The number of hydrogen-bond acceptors (Lipinski definition) is 4. The Hall–Kier alpha value is -1.45. The van der Waals surface area contributed by atoms with Gasteiger partial charge in [-0.25, -0.2) is 9.78 Å². The van der Waals surface area contributed by atoms with Gasteiger partial charge in [0.25, 0.3) is 0 Å². The Kier molecular flexibility index (Phi) is 2.95. The molecular formula is C9H12N2O2. The molecule has 0 unspecified atom stereocenters. The first-order valence-electron chi connectivity index (χ1n) is 4.09. The summed E-state index contributed by atoms with van der Waals surface area (Å²) in [5.41, 5.74) is 1.03. The second-order valence-corrected chi connectivity index (χ2v) is 3.00. The van der Waals surface area contributed by atoms with Crippen molar-refractivity contribution in [3.63, 3.8) is 0 Å². The van der Waals surface area contributed by atoms with Gasteiger partial charge in [0.05, 0.1) is 18.0 Å². The Bertz CT molecular complexity index is 293. The summed E-state index contributed by atoms with van der Waals surface area (Å²) >= 11 is 0. The maximum absolute atomic E-state index is 11.2. The molecule has 0 aliphatic rings. The molecule has 13 heavy (non-hydrogen) atoms. The third-order valence-corrected chi connectivity index (χ3v) is 1.33. The molecule has 0 N–H and O–H groups in total. The molecule has 0 spiro atoms. The van der Waals surface area contributed by atoms with E-state index in [1.807, 2.05) is 6.92 Å². The summed E-state index contributed by atoms with van der Waals surface area (Å²) in [4.78, 5) is 19.1. The van der Waals surface area contributed by atoms with E-state index in [1.54, 1.807) is 13.8 Å². The van der Waals surface area contributed by atoms with Crippen molar-refractivity contribution in [3.05, 3.63) is 23.8 Å². The quantitative estimate of drug-likeness (QED) is 0.644. The molecule has 0 bridgehead atoms. The van der Waals surface area contributed by atoms with Crippen molar-refractivity contribution in [2.24, 2.45) is 0 Å². The number of aryl methyl sites for hydroxylation is 1. The fourth-order valence-electron chi connectivity index (χ4n) is 0.772. The number of carbonyl (C=O) groups is 1. The number of rotatable bonds is 2. The molecule has 0 aromatic carbocycles. The van der Waals surface area contributed by atoms with Crippen molar-refractivity contribution in [1.82, 2.24) is 9.97 Å². The van der Waals surface area contributed by atoms with Crippen molar-refractivity contribution in [2.45, 2.75) is 26.9 Å². The molecule has 1 aromatic rings. The van der Waals surface area contributed by atoms with E-state index in [9.17, 15) is 4.79 Å². The van der Waals surface area contributed by atoms with Crippen LogP contribution in [-0.4, -0.2) is 22.0 Å². The van der Waals surface area contributed by atoms with E-state index in [0.717, 1.165) is 5.69 Å². The Morgan fingerprint density at radius 2 is 2.08 bits per heavy atom. The van der Waals surface area contributed by atoms with Crippen molar-refractivity contribution < 1.29 is 9.53 Å². The van der Waals surface area contributed by atoms with Crippen LogP contribution in [0.1, 0.15) is 30.0 Å². The molecule has 1 aromatic heterocycles. The molecule has 0 saturated carbocycles. The lowest BCUT2D eigenvalue weighted by atomic mass is 10.4. The predicted octanol–water partition coefficient (Wildman–Crippen LogP) is 1.35. The van der Waals surface area contributed by atoms with Crippen LogP contribution in [0, 0.1) is 6.92 Å². The maximum Gasteiger partial charge on any atom is 0.358 e. The molecule has 1 rings (SSSR count). The average molecular weight is 180 g/mol. The number of carbonyl (C=O) groups excluding carboxylic acids is 1. The van der Waals surface area contributed by atoms with Crippen LogP contribution in [0.2, 0.25) is 0 Å². The Morgan fingerprint density at radius 3 is 2.54 bits per heavy atom. The lowest BCUT2D eigenvalue weighted by molar-refractivity contribution is 0.0370. The van der Waals surface area contributed by atoms with Crippen LogP contribution < -0.4 is 0 Å². The van der Waals surface area contributed by atoms with Gasteiger partial charge in [0.15, 0.2) is 5.69 Å². The maximum atomic E-state index is 11.2. The number of hydrogen-bond donors (Lipinski definition) is 0. The zero-order valence-electron chi connectivity index (χ0n) is 7.94. The van der Waals surface area contributed by atoms with Crippen LogP contribution in [0.3, 0.4) is 0 Å². The highest BCUT2D eigenvalue weighted by Gasteiger charge is 2.10. The van der Waals surface area contributed by atoms with Crippen molar-refractivity contribution in [2.75, 3.05) is 0 Å². The Labute approximate surface area is 77.0 Å². The van der Waals surface area contributed by atoms with Crippen molar-refractivity contribution in [3.8, 4) is 0 Å². The van der Waals surface area contributed by atoms with Gasteiger partial charge < -0.3 is 4.74 Å². The van der Waals surface area contributed by atoms with E-state index < -0.39 is 5.97 Å². The third kappa shape index (κ3) is 2.82. The van der Waals surface area contributed by atoms with Crippen LogP contribution in [0.25, 0.3) is 0 Å². The molecule has 0 radical (unpaired) electrons. The van der Waals surface area contributed by atoms with E-state index in [2.05, 4.69) is 9.97 Å². The van der Waals surface area contributed by atoms with Crippen LogP contribution in [0.15, 0.2) is 12.4 Å². The molecule has 4 heteroatoms. The molecule has 70 valence electrons. The minimum atomic E-state index is -0.428. The third-order valence-electron chi connectivity index (χ3n) is 1.33. The molecule has 0 saturated heterocycles. The first-order chi connectivity index (χ1) is 6.09. The second-order valence-electron chi connectivity index (χ2n) is 3.00. The summed E-state index contributed by atoms with van der Waals surface area (Å²) in [7, 11) is 0. The van der Waals surface area contributed by atoms with Gasteiger partial charge in [-0.15, -0.1) is 0 Å². The van der Waals surface area contributed by atoms with Crippen LogP contribution in [-0.2, 0) is 4.74 Å². The molecular weight excluding hydrogens is 168 g/mol.